The second-order valence-corrected chi connectivity index (χ2v) is 9.64. The van der Waals surface area contributed by atoms with E-state index in [2.05, 4.69) is 54.5 Å². The lowest BCUT2D eigenvalue weighted by atomic mass is 10.2. The van der Waals surface area contributed by atoms with Gasteiger partial charge in [-0.15, -0.1) is 9.36 Å². The molecule has 14 heteroatoms. The molecule has 0 aliphatic rings. The molecule has 2 aromatic heterocycles. The minimum Gasteiger partial charge on any atom is -0.494 e. The number of methoxy groups -OCH3 is 2. The maximum Gasteiger partial charge on any atom is 0.403 e. The molecule has 0 radical (unpaired) electrons. The zero-order chi connectivity index (χ0) is 29.5. The first kappa shape index (κ1) is 29.1. The van der Waals surface area contributed by atoms with Crippen LogP contribution in [0.5, 0.6) is 11.5 Å². The van der Waals surface area contributed by atoms with Gasteiger partial charge in [0.1, 0.15) is 22.9 Å². The highest BCUT2D eigenvalue weighted by Crippen LogP contribution is 2.34. The molecule has 0 N–H and O–H groups in total. The van der Waals surface area contributed by atoms with E-state index in [0.29, 0.717) is 34.8 Å². The molecule has 4 aromatic rings. The predicted octanol–water partition coefficient (Wildman–Crippen LogP) is 3.61. The summed E-state index contributed by atoms with van der Waals surface area (Å²) in [6, 6.07) is 11.8. The van der Waals surface area contributed by atoms with Crippen molar-refractivity contribution < 1.29 is 18.6 Å². The number of rotatable bonds is 12. The third-order valence-corrected chi connectivity index (χ3v) is 6.70. The topological polar surface area (TPSA) is 118 Å². The molecule has 0 amide bonds. The van der Waals surface area contributed by atoms with Crippen LogP contribution in [-0.2, 0) is 28.2 Å². The molecular formula is C27H38N12O2+2. The van der Waals surface area contributed by atoms with Crippen LogP contribution < -0.4 is 28.4 Å². The van der Waals surface area contributed by atoms with E-state index in [-0.39, 0.29) is 0 Å². The lowest BCUT2D eigenvalue weighted by molar-refractivity contribution is -0.659. The summed E-state index contributed by atoms with van der Waals surface area (Å²) in [5, 5.41) is 25.8. The standard InChI is InChI=1S/C27H38N12O2/c1-34(20-10-12-22(24(16-20)40-7)30-32-26-36(3)18-28-38(26)5)14-9-15-35(2)21-11-13-23(25(17-21)41-8)31-33-27-37(4)19-29-39(27)6/h10-13,16-19H,9,14-15H2,1-8H3/q+2. The summed E-state index contributed by atoms with van der Waals surface area (Å²) in [7, 11) is 14.8. The summed E-state index contributed by atoms with van der Waals surface area (Å²) in [4.78, 5) is 4.39. The molecule has 0 aliphatic carbocycles. The first-order chi connectivity index (χ1) is 19.7. The fourth-order valence-corrected chi connectivity index (χ4v) is 4.22. The molecule has 0 unspecified atom stereocenters. The SMILES string of the molecule is COc1cc(N(C)CCCN(C)c2ccc(N=Nc3n(C)nc[n+]3C)c(OC)c2)ccc1N=Nc1n(C)nc[n+]1C. The van der Waals surface area contributed by atoms with Gasteiger partial charge in [-0.2, -0.15) is 0 Å². The number of benzene rings is 2. The maximum absolute atomic E-state index is 5.60. The van der Waals surface area contributed by atoms with E-state index in [4.69, 9.17) is 9.47 Å². The monoisotopic (exact) mass is 562 g/mol. The van der Waals surface area contributed by atoms with Crippen molar-refractivity contribution in [3.05, 3.63) is 49.1 Å². The summed E-state index contributed by atoms with van der Waals surface area (Å²) < 4.78 is 18.1. The molecule has 2 heterocycles. The summed E-state index contributed by atoms with van der Waals surface area (Å²) >= 11 is 0. The van der Waals surface area contributed by atoms with Crippen LogP contribution in [0.3, 0.4) is 0 Å². The lowest BCUT2D eigenvalue weighted by Crippen LogP contribution is -2.25. The van der Waals surface area contributed by atoms with E-state index in [1.165, 1.54) is 0 Å². The quantitative estimate of drug-likeness (QED) is 0.192. The highest BCUT2D eigenvalue weighted by molar-refractivity contribution is 5.62. The van der Waals surface area contributed by atoms with Crippen molar-refractivity contribution >= 4 is 34.6 Å². The molecule has 41 heavy (non-hydrogen) atoms. The second kappa shape index (κ2) is 13.0. The van der Waals surface area contributed by atoms with E-state index in [1.54, 1.807) is 45.4 Å². The fourth-order valence-electron chi connectivity index (χ4n) is 4.22. The van der Waals surface area contributed by atoms with Crippen LogP contribution in [-0.4, -0.2) is 61.0 Å². The molecule has 0 fully saturated rings. The Kier molecular flexibility index (Phi) is 9.22. The number of hydrogen-bond acceptors (Lipinski definition) is 10. The molecule has 4 rings (SSSR count). The third kappa shape index (κ3) is 6.83. The Bertz CT molecular complexity index is 1390. The van der Waals surface area contributed by atoms with Gasteiger partial charge < -0.3 is 19.3 Å². The predicted molar refractivity (Wildman–Crippen MR) is 154 cm³/mol. The Labute approximate surface area is 239 Å². The summed E-state index contributed by atoms with van der Waals surface area (Å²) in [5.74, 6) is 2.57. The first-order valence-electron chi connectivity index (χ1n) is 13.1. The molecule has 0 atom stereocenters. The molecule has 0 bridgehead atoms. The maximum atomic E-state index is 5.60. The Morgan fingerprint density at radius 1 is 0.707 bits per heavy atom. The normalized spacial score (nSPS) is 11.5. The Morgan fingerprint density at radius 3 is 1.46 bits per heavy atom. The zero-order valence-electron chi connectivity index (χ0n) is 24.9. The van der Waals surface area contributed by atoms with E-state index < -0.39 is 0 Å². The highest BCUT2D eigenvalue weighted by atomic mass is 16.5. The fraction of sp³-hybridized carbons (Fsp3) is 0.407. The average molecular weight is 563 g/mol. The molecule has 0 aliphatic heterocycles. The van der Waals surface area contributed by atoms with Crippen molar-refractivity contribution in [1.29, 1.82) is 0 Å². The van der Waals surface area contributed by atoms with E-state index >= 15 is 0 Å². The second-order valence-electron chi connectivity index (χ2n) is 9.64. The van der Waals surface area contributed by atoms with Gasteiger partial charge in [-0.3, -0.25) is 0 Å². The summed E-state index contributed by atoms with van der Waals surface area (Å²) in [6.45, 7) is 1.70. The Morgan fingerprint density at radius 2 is 1.12 bits per heavy atom. The van der Waals surface area contributed by atoms with Crippen molar-refractivity contribution in [3.63, 3.8) is 0 Å². The number of ether oxygens (including phenoxy) is 2. The molecular weight excluding hydrogens is 524 g/mol. The third-order valence-electron chi connectivity index (χ3n) is 6.70. The van der Waals surface area contributed by atoms with Crippen LogP contribution in [0.25, 0.3) is 0 Å². The van der Waals surface area contributed by atoms with Crippen LogP contribution in [0.1, 0.15) is 6.42 Å². The summed E-state index contributed by atoms with van der Waals surface area (Å²) in [5.41, 5.74) is 3.37. The average Bonchev–Trinajstić information content (AvgIpc) is 3.48. The molecule has 14 nitrogen and oxygen atoms in total. The minimum atomic E-state index is 0.632. The number of azo groups is 2. The Hall–Kier alpha value is -4.88. The van der Waals surface area contributed by atoms with Crippen LogP contribution >= 0.6 is 0 Å². The van der Waals surface area contributed by atoms with Crippen molar-refractivity contribution in [2.24, 2.45) is 48.6 Å². The van der Waals surface area contributed by atoms with E-state index in [0.717, 1.165) is 30.9 Å². The van der Waals surface area contributed by atoms with Crippen molar-refractivity contribution in [3.8, 4) is 11.5 Å². The van der Waals surface area contributed by atoms with Gasteiger partial charge in [0.2, 0.25) is 12.7 Å². The molecule has 0 spiro atoms. The van der Waals surface area contributed by atoms with Gasteiger partial charge in [0.15, 0.2) is 0 Å². The van der Waals surface area contributed by atoms with E-state index in [9.17, 15) is 0 Å². The van der Waals surface area contributed by atoms with Crippen LogP contribution in [0, 0.1) is 0 Å². The van der Waals surface area contributed by atoms with E-state index in [1.807, 2.05) is 64.6 Å². The number of anilines is 2. The van der Waals surface area contributed by atoms with Gasteiger partial charge in [-0.05, 0) is 40.9 Å². The number of aromatic nitrogens is 6. The molecule has 0 saturated carbocycles. The van der Waals surface area contributed by atoms with Crippen LogP contribution in [0.2, 0.25) is 0 Å². The number of aryl methyl sites for hydroxylation is 4. The largest absolute Gasteiger partial charge is 0.494 e. The zero-order valence-corrected chi connectivity index (χ0v) is 24.9. The first-order valence-corrected chi connectivity index (χ1v) is 13.1. The number of hydrogen-bond donors (Lipinski definition) is 0. The van der Waals surface area contributed by atoms with Gasteiger partial charge in [0, 0.05) is 60.9 Å². The summed E-state index contributed by atoms with van der Waals surface area (Å²) in [6.07, 6.45) is 4.31. The van der Waals surface area contributed by atoms with Gasteiger partial charge in [-0.1, -0.05) is 10.2 Å². The molecule has 0 saturated heterocycles. The molecule has 216 valence electrons. The van der Waals surface area contributed by atoms with Gasteiger partial charge >= 0.3 is 11.9 Å². The van der Waals surface area contributed by atoms with Gasteiger partial charge in [0.05, 0.1) is 42.4 Å². The number of nitrogens with zero attached hydrogens (tertiary/aromatic N) is 12. The molecule has 2 aromatic carbocycles. The smallest absolute Gasteiger partial charge is 0.403 e. The Balaban J connectivity index is 1.36. The minimum absolute atomic E-state index is 0.632. The highest BCUT2D eigenvalue weighted by Gasteiger charge is 2.15. The van der Waals surface area contributed by atoms with Crippen molar-refractivity contribution in [2.75, 3.05) is 51.2 Å². The van der Waals surface area contributed by atoms with Gasteiger partial charge in [-0.25, -0.2) is 9.13 Å². The van der Waals surface area contributed by atoms with Crippen molar-refractivity contribution in [1.82, 2.24) is 19.6 Å². The van der Waals surface area contributed by atoms with Crippen molar-refractivity contribution in [2.45, 2.75) is 6.42 Å². The van der Waals surface area contributed by atoms with Crippen LogP contribution in [0.4, 0.5) is 34.6 Å². The van der Waals surface area contributed by atoms with Gasteiger partial charge in [0.25, 0.3) is 0 Å². The lowest BCUT2D eigenvalue weighted by Gasteiger charge is -2.24. The van der Waals surface area contributed by atoms with Crippen LogP contribution in [0.15, 0.2) is 69.5 Å².